The monoisotopic (exact) mass is 290 g/mol. The topological polar surface area (TPSA) is 9.23 Å². The van der Waals surface area contributed by atoms with Gasteiger partial charge in [-0.15, -0.1) is 0 Å². The second-order valence-corrected chi connectivity index (χ2v) is 4.78. The molecule has 0 amide bonds. The first-order valence-corrected chi connectivity index (χ1v) is 5.56. The molecule has 0 fully saturated rings. The van der Waals surface area contributed by atoms with E-state index in [0.29, 0.717) is 5.92 Å². The van der Waals surface area contributed by atoms with Crippen LogP contribution < -0.4 is 4.74 Å². The molecule has 0 unspecified atom stereocenters. The summed E-state index contributed by atoms with van der Waals surface area (Å²) in [5.41, 5.74) is 1.30. The first kappa shape index (κ1) is 10.8. The van der Waals surface area contributed by atoms with Crippen molar-refractivity contribution in [2.24, 2.45) is 5.92 Å². The van der Waals surface area contributed by atoms with Crippen molar-refractivity contribution in [2.45, 2.75) is 20.8 Å². The molecule has 0 aliphatic rings. The number of rotatable bonds is 3. The fourth-order valence-electron chi connectivity index (χ4n) is 0.926. The van der Waals surface area contributed by atoms with Gasteiger partial charge in [0.15, 0.2) is 0 Å². The molecule has 0 aromatic heterocycles. The van der Waals surface area contributed by atoms with Crippen LogP contribution >= 0.6 is 22.6 Å². The van der Waals surface area contributed by atoms with Crippen molar-refractivity contribution in [3.05, 3.63) is 27.3 Å². The van der Waals surface area contributed by atoms with Crippen molar-refractivity contribution in [1.82, 2.24) is 0 Å². The van der Waals surface area contributed by atoms with Crippen molar-refractivity contribution in [2.75, 3.05) is 6.61 Å². The van der Waals surface area contributed by atoms with Gasteiger partial charge in [0.2, 0.25) is 0 Å². The van der Waals surface area contributed by atoms with Crippen LogP contribution in [0, 0.1) is 16.4 Å². The van der Waals surface area contributed by atoms with Gasteiger partial charge < -0.3 is 4.74 Å². The number of hydrogen-bond donors (Lipinski definition) is 0. The highest BCUT2D eigenvalue weighted by atomic mass is 127. The van der Waals surface area contributed by atoms with Crippen molar-refractivity contribution in [3.63, 3.8) is 0 Å². The lowest BCUT2D eigenvalue weighted by atomic mass is 10.2. The molecule has 0 saturated carbocycles. The minimum Gasteiger partial charge on any atom is -0.493 e. The normalized spacial score (nSPS) is 10.5. The summed E-state index contributed by atoms with van der Waals surface area (Å²) in [7, 11) is 0. The molecule has 72 valence electrons. The molecule has 0 aliphatic heterocycles. The zero-order chi connectivity index (χ0) is 9.84. The smallest absolute Gasteiger partial charge is 0.120 e. The van der Waals surface area contributed by atoms with Crippen LogP contribution in [0.25, 0.3) is 0 Å². The van der Waals surface area contributed by atoms with E-state index in [9.17, 15) is 0 Å². The Hall–Kier alpha value is -0.250. The van der Waals surface area contributed by atoms with Gasteiger partial charge >= 0.3 is 0 Å². The average molecular weight is 290 g/mol. The largest absolute Gasteiger partial charge is 0.493 e. The lowest BCUT2D eigenvalue weighted by Gasteiger charge is -2.09. The highest BCUT2D eigenvalue weighted by Gasteiger charge is 1.99. The molecule has 13 heavy (non-hydrogen) atoms. The molecule has 0 saturated heterocycles. The van der Waals surface area contributed by atoms with Crippen molar-refractivity contribution in [3.8, 4) is 5.75 Å². The molecule has 0 aliphatic carbocycles. The Bertz CT molecular complexity index is 281. The summed E-state index contributed by atoms with van der Waals surface area (Å²) in [6.45, 7) is 7.20. The quantitative estimate of drug-likeness (QED) is 0.772. The van der Waals surface area contributed by atoms with E-state index in [4.69, 9.17) is 4.74 Å². The highest BCUT2D eigenvalue weighted by molar-refractivity contribution is 14.1. The number of ether oxygens (including phenoxy) is 1. The summed E-state index contributed by atoms with van der Waals surface area (Å²) in [5, 5.41) is 0. The summed E-state index contributed by atoms with van der Waals surface area (Å²) >= 11 is 2.33. The standard InChI is InChI=1S/C11H15IO/c1-8(2)7-13-10-5-4-9(3)11(12)6-10/h4-6,8H,7H2,1-3H3. The van der Waals surface area contributed by atoms with Gasteiger partial charge in [0.1, 0.15) is 5.75 Å². The van der Waals surface area contributed by atoms with Crippen LogP contribution in [0.4, 0.5) is 0 Å². The van der Waals surface area contributed by atoms with E-state index in [1.807, 2.05) is 6.07 Å². The Morgan fingerprint density at radius 2 is 2.08 bits per heavy atom. The van der Waals surface area contributed by atoms with E-state index >= 15 is 0 Å². The van der Waals surface area contributed by atoms with Gasteiger partial charge in [0.05, 0.1) is 6.61 Å². The van der Waals surface area contributed by atoms with Crippen LogP contribution in [0.5, 0.6) is 5.75 Å². The Kier molecular flexibility index (Phi) is 4.03. The van der Waals surface area contributed by atoms with Crippen LogP contribution in [-0.2, 0) is 0 Å². The molecule has 0 N–H and O–H groups in total. The van der Waals surface area contributed by atoms with Gasteiger partial charge in [-0.05, 0) is 53.1 Å². The Morgan fingerprint density at radius 1 is 1.38 bits per heavy atom. The fourth-order valence-corrected chi connectivity index (χ4v) is 1.41. The van der Waals surface area contributed by atoms with Gasteiger partial charge in [0, 0.05) is 3.57 Å². The molecule has 0 atom stereocenters. The minimum absolute atomic E-state index is 0.582. The van der Waals surface area contributed by atoms with E-state index in [1.54, 1.807) is 0 Å². The Balaban J connectivity index is 2.63. The molecule has 0 radical (unpaired) electrons. The van der Waals surface area contributed by atoms with E-state index in [2.05, 4.69) is 55.5 Å². The molecular formula is C11H15IO. The molecule has 1 aromatic rings. The van der Waals surface area contributed by atoms with Crippen molar-refractivity contribution >= 4 is 22.6 Å². The number of aryl methyl sites for hydroxylation is 1. The maximum Gasteiger partial charge on any atom is 0.120 e. The predicted molar refractivity (Wildman–Crippen MR) is 64.2 cm³/mol. The first-order valence-electron chi connectivity index (χ1n) is 4.48. The Morgan fingerprint density at radius 3 is 2.62 bits per heavy atom. The van der Waals surface area contributed by atoms with Crippen LogP contribution in [-0.4, -0.2) is 6.61 Å². The Labute approximate surface area is 93.6 Å². The van der Waals surface area contributed by atoms with Gasteiger partial charge in [0.25, 0.3) is 0 Å². The average Bonchev–Trinajstić information content (AvgIpc) is 2.07. The van der Waals surface area contributed by atoms with Crippen LogP contribution in [0.2, 0.25) is 0 Å². The van der Waals surface area contributed by atoms with Crippen molar-refractivity contribution in [1.29, 1.82) is 0 Å². The molecule has 1 aromatic carbocycles. The third-order valence-corrected chi connectivity index (χ3v) is 2.89. The third-order valence-electron chi connectivity index (χ3n) is 1.73. The highest BCUT2D eigenvalue weighted by Crippen LogP contribution is 2.19. The lowest BCUT2D eigenvalue weighted by Crippen LogP contribution is -2.04. The van der Waals surface area contributed by atoms with Crippen LogP contribution in [0.15, 0.2) is 18.2 Å². The van der Waals surface area contributed by atoms with E-state index in [0.717, 1.165) is 12.4 Å². The lowest BCUT2D eigenvalue weighted by molar-refractivity contribution is 0.271. The number of halogens is 1. The van der Waals surface area contributed by atoms with E-state index in [-0.39, 0.29) is 0 Å². The minimum atomic E-state index is 0.582. The molecule has 2 heteroatoms. The molecule has 1 nitrogen and oxygen atoms in total. The fraction of sp³-hybridized carbons (Fsp3) is 0.455. The van der Waals surface area contributed by atoms with Gasteiger partial charge in [-0.25, -0.2) is 0 Å². The molecule has 0 spiro atoms. The second-order valence-electron chi connectivity index (χ2n) is 3.62. The third kappa shape index (κ3) is 3.55. The summed E-state index contributed by atoms with van der Waals surface area (Å²) in [4.78, 5) is 0. The first-order chi connectivity index (χ1) is 6.09. The molecule has 1 rings (SSSR count). The second kappa shape index (κ2) is 4.84. The predicted octanol–water partition coefficient (Wildman–Crippen LogP) is 3.63. The van der Waals surface area contributed by atoms with Gasteiger partial charge in [-0.3, -0.25) is 0 Å². The molecular weight excluding hydrogens is 275 g/mol. The zero-order valence-electron chi connectivity index (χ0n) is 8.30. The number of benzene rings is 1. The zero-order valence-corrected chi connectivity index (χ0v) is 10.5. The van der Waals surface area contributed by atoms with E-state index < -0.39 is 0 Å². The molecule has 0 heterocycles. The van der Waals surface area contributed by atoms with E-state index in [1.165, 1.54) is 9.13 Å². The molecule has 0 bridgehead atoms. The van der Waals surface area contributed by atoms with Gasteiger partial charge in [-0.2, -0.15) is 0 Å². The number of hydrogen-bond acceptors (Lipinski definition) is 1. The summed E-state index contributed by atoms with van der Waals surface area (Å²) < 4.78 is 6.86. The SMILES string of the molecule is Cc1ccc(OCC(C)C)cc1I. The van der Waals surface area contributed by atoms with Crippen LogP contribution in [0.3, 0.4) is 0 Å². The maximum absolute atomic E-state index is 5.60. The maximum atomic E-state index is 5.60. The summed E-state index contributed by atoms with van der Waals surface area (Å²) in [6, 6.07) is 6.20. The van der Waals surface area contributed by atoms with Crippen LogP contribution in [0.1, 0.15) is 19.4 Å². The van der Waals surface area contributed by atoms with Crippen molar-refractivity contribution < 1.29 is 4.74 Å². The summed E-state index contributed by atoms with van der Waals surface area (Å²) in [6.07, 6.45) is 0. The summed E-state index contributed by atoms with van der Waals surface area (Å²) in [5.74, 6) is 1.56. The van der Waals surface area contributed by atoms with Gasteiger partial charge in [-0.1, -0.05) is 19.9 Å².